The van der Waals surface area contributed by atoms with Crippen LogP contribution >= 0.6 is 0 Å². The van der Waals surface area contributed by atoms with Crippen LogP contribution in [0.15, 0.2) is 24.3 Å². The van der Waals surface area contributed by atoms with Crippen molar-refractivity contribution in [2.75, 3.05) is 6.61 Å². The Bertz CT molecular complexity index is 291. The van der Waals surface area contributed by atoms with E-state index in [1.54, 1.807) is 12.1 Å². The summed E-state index contributed by atoms with van der Waals surface area (Å²) in [4.78, 5) is 10.1. The monoisotopic (exact) mass is 183 g/mol. The van der Waals surface area contributed by atoms with Crippen LogP contribution in [0.2, 0.25) is 0 Å². The molecule has 0 spiro atoms. The van der Waals surface area contributed by atoms with Crippen LogP contribution < -0.4 is 5.32 Å². The molecule has 0 bridgehead atoms. The normalized spacial score (nSPS) is 12.2. The number of carbonyl (C=O) groups excluding carboxylic acids is 1. The van der Waals surface area contributed by atoms with Crippen LogP contribution in [0.5, 0.6) is 0 Å². The molecule has 3 nitrogen and oxygen atoms in total. The summed E-state index contributed by atoms with van der Waals surface area (Å²) in [6.07, 6.45) is 0.438. The van der Waals surface area contributed by atoms with E-state index >= 15 is 0 Å². The molecule has 0 radical (unpaired) electrons. The predicted molar refractivity (Wildman–Crippen MR) is 45.4 cm³/mol. The maximum Gasteiger partial charge on any atom is 0.207 e. The fourth-order valence-corrected chi connectivity index (χ4v) is 1.08. The zero-order chi connectivity index (χ0) is 9.68. The fraction of sp³-hybridized carbons (Fsp3) is 0.222. The van der Waals surface area contributed by atoms with Gasteiger partial charge in [0.2, 0.25) is 6.41 Å². The zero-order valence-electron chi connectivity index (χ0n) is 6.90. The molecule has 1 atom stereocenters. The lowest BCUT2D eigenvalue weighted by atomic mass is 10.1. The number of halogens is 1. The van der Waals surface area contributed by atoms with Gasteiger partial charge >= 0.3 is 0 Å². The highest BCUT2D eigenvalue weighted by Crippen LogP contribution is 2.15. The number of benzene rings is 1. The average molecular weight is 183 g/mol. The molecule has 1 aromatic rings. The van der Waals surface area contributed by atoms with Gasteiger partial charge in [0.05, 0.1) is 12.6 Å². The SMILES string of the molecule is O=CNC(CO)c1ccccc1F. The predicted octanol–water partition coefficient (Wildman–Crippen LogP) is 0.605. The van der Waals surface area contributed by atoms with E-state index in [0.717, 1.165) is 0 Å². The lowest BCUT2D eigenvalue weighted by Gasteiger charge is -2.13. The Morgan fingerprint density at radius 2 is 2.23 bits per heavy atom. The first-order chi connectivity index (χ1) is 6.29. The summed E-state index contributed by atoms with van der Waals surface area (Å²) in [7, 11) is 0. The molecule has 1 unspecified atom stereocenters. The molecule has 2 N–H and O–H groups in total. The highest BCUT2D eigenvalue weighted by atomic mass is 19.1. The van der Waals surface area contributed by atoms with E-state index in [4.69, 9.17) is 5.11 Å². The maximum atomic E-state index is 13.1. The van der Waals surface area contributed by atoms with Gasteiger partial charge in [0, 0.05) is 5.56 Å². The third-order valence-electron chi connectivity index (χ3n) is 1.73. The van der Waals surface area contributed by atoms with Crippen LogP contribution in [0, 0.1) is 5.82 Å². The second-order valence-electron chi connectivity index (χ2n) is 2.54. The van der Waals surface area contributed by atoms with E-state index in [9.17, 15) is 9.18 Å². The van der Waals surface area contributed by atoms with Gasteiger partial charge in [-0.05, 0) is 6.07 Å². The smallest absolute Gasteiger partial charge is 0.207 e. The first-order valence-electron chi connectivity index (χ1n) is 3.84. The van der Waals surface area contributed by atoms with Crippen LogP contribution in [-0.2, 0) is 4.79 Å². The van der Waals surface area contributed by atoms with Gasteiger partial charge in [-0.25, -0.2) is 4.39 Å². The molecule has 0 aliphatic heterocycles. The van der Waals surface area contributed by atoms with Gasteiger partial charge in [0.1, 0.15) is 5.82 Å². The number of nitrogens with one attached hydrogen (secondary N) is 1. The van der Waals surface area contributed by atoms with E-state index in [1.807, 2.05) is 0 Å². The first kappa shape index (κ1) is 9.67. The second-order valence-corrected chi connectivity index (χ2v) is 2.54. The average Bonchev–Trinajstić information content (AvgIpc) is 2.16. The molecule has 0 heterocycles. The number of aliphatic hydroxyl groups is 1. The Labute approximate surface area is 75.2 Å². The van der Waals surface area contributed by atoms with E-state index in [1.165, 1.54) is 12.1 Å². The van der Waals surface area contributed by atoms with Crippen molar-refractivity contribution in [1.82, 2.24) is 5.32 Å². The van der Waals surface area contributed by atoms with Crippen molar-refractivity contribution in [3.8, 4) is 0 Å². The maximum absolute atomic E-state index is 13.1. The molecule has 0 fully saturated rings. The van der Waals surface area contributed by atoms with Crippen LogP contribution in [-0.4, -0.2) is 18.1 Å². The zero-order valence-corrected chi connectivity index (χ0v) is 6.90. The lowest BCUT2D eigenvalue weighted by Crippen LogP contribution is -2.23. The summed E-state index contributed by atoms with van der Waals surface area (Å²) in [5.41, 5.74) is 0.289. The lowest BCUT2D eigenvalue weighted by molar-refractivity contribution is -0.110. The molecule has 0 aliphatic rings. The second kappa shape index (κ2) is 4.57. The third kappa shape index (κ3) is 2.26. The number of aliphatic hydroxyl groups excluding tert-OH is 1. The molecule has 0 aromatic heterocycles. The van der Waals surface area contributed by atoms with Crippen molar-refractivity contribution in [1.29, 1.82) is 0 Å². The molecule has 70 valence electrons. The molecule has 1 rings (SSSR count). The summed E-state index contributed by atoms with van der Waals surface area (Å²) < 4.78 is 13.1. The molecule has 1 aromatic carbocycles. The quantitative estimate of drug-likeness (QED) is 0.672. The number of hydrogen-bond donors (Lipinski definition) is 2. The summed E-state index contributed by atoms with van der Waals surface area (Å²) in [5.74, 6) is -0.434. The largest absolute Gasteiger partial charge is 0.394 e. The van der Waals surface area contributed by atoms with Crippen molar-refractivity contribution >= 4 is 6.41 Å². The van der Waals surface area contributed by atoms with Crippen molar-refractivity contribution in [3.63, 3.8) is 0 Å². The minimum absolute atomic E-state index is 0.289. The molecule has 0 saturated heterocycles. The van der Waals surface area contributed by atoms with Gasteiger partial charge < -0.3 is 10.4 Å². The van der Waals surface area contributed by atoms with Gasteiger partial charge in [-0.1, -0.05) is 18.2 Å². The summed E-state index contributed by atoms with van der Waals surface area (Å²) in [5, 5.41) is 11.2. The van der Waals surface area contributed by atoms with Crippen molar-refractivity contribution < 1.29 is 14.3 Å². The van der Waals surface area contributed by atoms with Gasteiger partial charge in [-0.3, -0.25) is 4.79 Å². The Balaban J connectivity index is 2.90. The van der Waals surface area contributed by atoms with Crippen LogP contribution in [0.1, 0.15) is 11.6 Å². The van der Waals surface area contributed by atoms with Gasteiger partial charge in [0.25, 0.3) is 0 Å². The Kier molecular flexibility index (Phi) is 3.40. The van der Waals surface area contributed by atoms with Crippen molar-refractivity contribution in [2.24, 2.45) is 0 Å². The number of hydrogen-bond acceptors (Lipinski definition) is 2. The summed E-state index contributed by atoms with van der Waals surface area (Å²) in [6.45, 7) is -0.320. The molecule has 0 saturated carbocycles. The Morgan fingerprint density at radius 1 is 1.54 bits per heavy atom. The minimum Gasteiger partial charge on any atom is -0.394 e. The van der Waals surface area contributed by atoms with Crippen LogP contribution in [0.25, 0.3) is 0 Å². The fourth-order valence-electron chi connectivity index (χ4n) is 1.08. The van der Waals surface area contributed by atoms with Crippen molar-refractivity contribution in [3.05, 3.63) is 35.6 Å². The standard InChI is InChI=1S/C9H10FNO2/c10-8-4-2-1-3-7(8)9(5-12)11-6-13/h1-4,6,9,12H,5H2,(H,11,13). The first-order valence-corrected chi connectivity index (χ1v) is 3.84. The molecule has 1 amide bonds. The Hall–Kier alpha value is -1.42. The van der Waals surface area contributed by atoms with Crippen molar-refractivity contribution in [2.45, 2.75) is 6.04 Å². The Morgan fingerprint density at radius 3 is 2.77 bits per heavy atom. The number of rotatable bonds is 4. The summed E-state index contributed by atoms with van der Waals surface area (Å²) in [6, 6.07) is 5.33. The van der Waals surface area contributed by atoms with E-state index in [-0.39, 0.29) is 12.2 Å². The van der Waals surface area contributed by atoms with E-state index < -0.39 is 11.9 Å². The molecular weight excluding hydrogens is 173 g/mol. The van der Waals surface area contributed by atoms with E-state index in [2.05, 4.69) is 5.32 Å². The highest BCUT2D eigenvalue weighted by molar-refractivity contribution is 5.47. The third-order valence-corrected chi connectivity index (χ3v) is 1.73. The molecule has 13 heavy (non-hydrogen) atoms. The topological polar surface area (TPSA) is 49.3 Å². The van der Waals surface area contributed by atoms with Crippen LogP contribution in [0.4, 0.5) is 4.39 Å². The molecular formula is C9H10FNO2. The number of carbonyl (C=O) groups is 1. The molecule has 0 aliphatic carbocycles. The van der Waals surface area contributed by atoms with Gasteiger partial charge in [0.15, 0.2) is 0 Å². The number of amides is 1. The molecule has 4 heteroatoms. The van der Waals surface area contributed by atoms with Crippen LogP contribution in [0.3, 0.4) is 0 Å². The van der Waals surface area contributed by atoms with Gasteiger partial charge in [-0.2, -0.15) is 0 Å². The highest BCUT2D eigenvalue weighted by Gasteiger charge is 2.12. The van der Waals surface area contributed by atoms with Gasteiger partial charge in [-0.15, -0.1) is 0 Å². The summed E-state index contributed by atoms with van der Waals surface area (Å²) >= 11 is 0. The van der Waals surface area contributed by atoms with E-state index in [0.29, 0.717) is 6.41 Å². The minimum atomic E-state index is -0.668.